The Labute approximate surface area is 131 Å². The number of amides is 1. The maximum Gasteiger partial charge on any atom is 0.229 e. The standard InChI is InChI=1S/C17H22N4O/c1-11-10-12(2)19-16(18-11)21-14-8-6-13(7-9-14)20-15(22)17(3,4)5/h6-10H,1-5H3,(H,20,22)(H,18,19,21). The molecule has 0 aliphatic rings. The van der Waals surface area contributed by atoms with Crippen molar-refractivity contribution in [2.24, 2.45) is 5.41 Å². The van der Waals surface area contributed by atoms with Gasteiger partial charge < -0.3 is 10.6 Å². The van der Waals surface area contributed by atoms with Gasteiger partial charge in [0.1, 0.15) is 0 Å². The molecule has 116 valence electrons. The first-order chi connectivity index (χ1) is 10.2. The molecule has 22 heavy (non-hydrogen) atoms. The van der Waals surface area contributed by atoms with Gasteiger partial charge >= 0.3 is 0 Å². The molecule has 0 fully saturated rings. The van der Waals surface area contributed by atoms with Crippen LogP contribution in [-0.4, -0.2) is 15.9 Å². The molecule has 2 N–H and O–H groups in total. The normalized spacial score (nSPS) is 11.1. The number of rotatable bonds is 3. The number of anilines is 3. The van der Waals surface area contributed by atoms with Crippen molar-refractivity contribution in [3.05, 3.63) is 41.7 Å². The quantitative estimate of drug-likeness (QED) is 0.904. The molecule has 1 heterocycles. The van der Waals surface area contributed by atoms with Gasteiger partial charge in [0.2, 0.25) is 11.9 Å². The summed E-state index contributed by atoms with van der Waals surface area (Å²) < 4.78 is 0. The minimum absolute atomic E-state index is 0.00847. The van der Waals surface area contributed by atoms with Gasteiger partial charge in [-0.25, -0.2) is 9.97 Å². The van der Waals surface area contributed by atoms with Crippen LogP contribution in [0.25, 0.3) is 0 Å². The van der Waals surface area contributed by atoms with Crippen LogP contribution in [0.5, 0.6) is 0 Å². The molecule has 0 saturated heterocycles. The van der Waals surface area contributed by atoms with Crippen molar-refractivity contribution >= 4 is 23.2 Å². The lowest BCUT2D eigenvalue weighted by Crippen LogP contribution is -2.27. The maximum absolute atomic E-state index is 11.9. The number of hydrogen-bond donors (Lipinski definition) is 2. The van der Waals surface area contributed by atoms with E-state index >= 15 is 0 Å². The first kappa shape index (κ1) is 15.9. The zero-order chi connectivity index (χ0) is 16.3. The summed E-state index contributed by atoms with van der Waals surface area (Å²) in [4.78, 5) is 20.6. The summed E-state index contributed by atoms with van der Waals surface area (Å²) in [6.45, 7) is 9.52. The van der Waals surface area contributed by atoms with Crippen molar-refractivity contribution in [2.75, 3.05) is 10.6 Å². The molecule has 0 saturated carbocycles. The molecule has 0 aliphatic carbocycles. The van der Waals surface area contributed by atoms with E-state index in [1.165, 1.54) is 0 Å². The van der Waals surface area contributed by atoms with Crippen LogP contribution in [0.2, 0.25) is 0 Å². The Kier molecular flexibility index (Phi) is 4.45. The Morgan fingerprint density at radius 3 is 1.95 bits per heavy atom. The third-order valence-electron chi connectivity index (χ3n) is 3.06. The molecule has 0 unspecified atom stereocenters. The smallest absolute Gasteiger partial charge is 0.229 e. The van der Waals surface area contributed by atoms with Crippen LogP contribution in [0, 0.1) is 19.3 Å². The van der Waals surface area contributed by atoms with Crippen LogP contribution in [0.4, 0.5) is 17.3 Å². The second-order valence-corrected chi connectivity index (χ2v) is 6.38. The Bertz CT molecular complexity index is 652. The molecule has 0 spiro atoms. The zero-order valence-electron chi connectivity index (χ0n) is 13.7. The number of hydrogen-bond acceptors (Lipinski definition) is 4. The highest BCUT2D eigenvalue weighted by atomic mass is 16.2. The van der Waals surface area contributed by atoms with E-state index in [0.29, 0.717) is 5.95 Å². The van der Waals surface area contributed by atoms with E-state index in [0.717, 1.165) is 22.8 Å². The van der Waals surface area contributed by atoms with E-state index in [1.54, 1.807) is 0 Å². The fourth-order valence-corrected chi connectivity index (χ4v) is 1.87. The molecule has 0 atom stereocenters. The van der Waals surface area contributed by atoms with E-state index in [-0.39, 0.29) is 5.91 Å². The summed E-state index contributed by atoms with van der Waals surface area (Å²) >= 11 is 0. The van der Waals surface area contributed by atoms with E-state index in [1.807, 2.05) is 65.0 Å². The first-order valence-electron chi connectivity index (χ1n) is 7.25. The molecule has 2 aromatic rings. The topological polar surface area (TPSA) is 66.9 Å². The fraction of sp³-hybridized carbons (Fsp3) is 0.353. The van der Waals surface area contributed by atoms with Crippen LogP contribution in [-0.2, 0) is 4.79 Å². The lowest BCUT2D eigenvalue weighted by Gasteiger charge is -2.17. The van der Waals surface area contributed by atoms with Gasteiger partial charge in [-0.3, -0.25) is 4.79 Å². The largest absolute Gasteiger partial charge is 0.326 e. The summed E-state index contributed by atoms with van der Waals surface area (Å²) in [5.74, 6) is 0.565. The molecule has 5 heteroatoms. The third kappa shape index (κ3) is 4.28. The Morgan fingerprint density at radius 2 is 1.45 bits per heavy atom. The Morgan fingerprint density at radius 1 is 0.955 bits per heavy atom. The van der Waals surface area contributed by atoms with Crippen LogP contribution < -0.4 is 10.6 Å². The summed E-state index contributed by atoms with van der Waals surface area (Å²) in [5, 5.41) is 6.05. The SMILES string of the molecule is Cc1cc(C)nc(Nc2ccc(NC(=O)C(C)(C)C)cc2)n1. The Hall–Kier alpha value is -2.43. The van der Waals surface area contributed by atoms with Crippen molar-refractivity contribution < 1.29 is 4.79 Å². The average molecular weight is 298 g/mol. The van der Waals surface area contributed by atoms with Crippen molar-refractivity contribution in [1.29, 1.82) is 0 Å². The minimum Gasteiger partial charge on any atom is -0.326 e. The van der Waals surface area contributed by atoms with Gasteiger partial charge in [0.15, 0.2) is 0 Å². The highest BCUT2D eigenvalue weighted by Gasteiger charge is 2.20. The van der Waals surface area contributed by atoms with Gasteiger partial charge in [-0.1, -0.05) is 20.8 Å². The van der Waals surface area contributed by atoms with Gasteiger partial charge in [-0.2, -0.15) is 0 Å². The lowest BCUT2D eigenvalue weighted by molar-refractivity contribution is -0.123. The molecular weight excluding hydrogens is 276 g/mol. The molecule has 0 bridgehead atoms. The molecule has 2 rings (SSSR count). The molecular formula is C17H22N4O. The van der Waals surface area contributed by atoms with Crippen LogP contribution >= 0.6 is 0 Å². The zero-order valence-corrected chi connectivity index (χ0v) is 13.7. The number of carbonyl (C=O) groups is 1. The fourth-order valence-electron chi connectivity index (χ4n) is 1.87. The van der Waals surface area contributed by atoms with E-state index < -0.39 is 5.41 Å². The first-order valence-corrected chi connectivity index (χ1v) is 7.25. The Balaban J connectivity index is 2.07. The van der Waals surface area contributed by atoms with E-state index in [2.05, 4.69) is 20.6 Å². The molecule has 5 nitrogen and oxygen atoms in total. The van der Waals surface area contributed by atoms with Gasteiger partial charge in [0.05, 0.1) is 0 Å². The second-order valence-electron chi connectivity index (χ2n) is 6.38. The summed E-state index contributed by atoms with van der Waals surface area (Å²) in [6.07, 6.45) is 0. The summed E-state index contributed by atoms with van der Waals surface area (Å²) in [7, 11) is 0. The van der Waals surface area contributed by atoms with Crippen LogP contribution in [0.3, 0.4) is 0 Å². The van der Waals surface area contributed by atoms with Gasteiger partial charge in [0.25, 0.3) is 0 Å². The van der Waals surface area contributed by atoms with Crippen molar-refractivity contribution in [2.45, 2.75) is 34.6 Å². The van der Waals surface area contributed by atoms with Crippen molar-refractivity contribution in [3.8, 4) is 0 Å². The molecule has 1 aromatic heterocycles. The minimum atomic E-state index is -0.413. The van der Waals surface area contributed by atoms with Gasteiger partial charge in [-0.05, 0) is 44.2 Å². The lowest BCUT2D eigenvalue weighted by atomic mass is 9.95. The highest BCUT2D eigenvalue weighted by Crippen LogP contribution is 2.20. The third-order valence-corrected chi connectivity index (χ3v) is 3.06. The summed E-state index contributed by atoms with van der Waals surface area (Å²) in [6, 6.07) is 9.41. The number of aryl methyl sites for hydroxylation is 2. The number of carbonyl (C=O) groups excluding carboxylic acids is 1. The predicted octanol–water partition coefficient (Wildman–Crippen LogP) is 3.82. The average Bonchev–Trinajstić information content (AvgIpc) is 2.38. The van der Waals surface area contributed by atoms with Gasteiger partial charge in [0, 0.05) is 28.2 Å². The number of nitrogens with zero attached hydrogens (tertiary/aromatic N) is 2. The summed E-state index contributed by atoms with van der Waals surface area (Å²) in [5.41, 5.74) is 3.07. The molecule has 1 aromatic carbocycles. The van der Waals surface area contributed by atoms with Crippen molar-refractivity contribution in [1.82, 2.24) is 9.97 Å². The number of benzene rings is 1. The van der Waals surface area contributed by atoms with Crippen LogP contribution in [0.1, 0.15) is 32.2 Å². The van der Waals surface area contributed by atoms with E-state index in [4.69, 9.17) is 0 Å². The maximum atomic E-state index is 11.9. The van der Waals surface area contributed by atoms with E-state index in [9.17, 15) is 4.79 Å². The number of nitrogens with one attached hydrogen (secondary N) is 2. The van der Waals surface area contributed by atoms with Crippen molar-refractivity contribution in [3.63, 3.8) is 0 Å². The van der Waals surface area contributed by atoms with Crippen LogP contribution in [0.15, 0.2) is 30.3 Å². The predicted molar refractivity (Wildman–Crippen MR) is 89.3 cm³/mol. The monoisotopic (exact) mass is 298 g/mol. The number of aromatic nitrogens is 2. The molecule has 0 aliphatic heterocycles. The highest BCUT2D eigenvalue weighted by molar-refractivity contribution is 5.94. The second kappa shape index (κ2) is 6.13. The molecule has 0 radical (unpaired) electrons. The molecule has 1 amide bonds. The van der Waals surface area contributed by atoms with Gasteiger partial charge in [-0.15, -0.1) is 0 Å².